The summed E-state index contributed by atoms with van der Waals surface area (Å²) in [6, 6.07) is 28.2. The van der Waals surface area contributed by atoms with Crippen molar-refractivity contribution in [2.45, 2.75) is 52.6 Å². The maximum atomic E-state index is 12.6. The summed E-state index contributed by atoms with van der Waals surface area (Å²) in [5.74, 6) is 0. The van der Waals surface area contributed by atoms with Crippen LogP contribution in [0.15, 0.2) is 84.9 Å². The molecule has 0 aliphatic heterocycles. The third-order valence-corrected chi connectivity index (χ3v) is 5.95. The van der Waals surface area contributed by atoms with Gasteiger partial charge in [0.05, 0.1) is 0 Å². The number of hydrogen-bond acceptors (Lipinski definition) is 3. The van der Waals surface area contributed by atoms with Crippen molar-refractivity contribution < 1.29 is 4.76 Å². The van der Waals surface area contributed by atoms with Crippen molar-refractivity contribution >= 4 is 22.1 Å². The van der Waals surface area contributed by atoms with Gasteiger partial charge in [0, 0.05) is 53.8 Å². The summed E-state index contributed by atoms with van der Waals surface area (Å²) in [6.07, 6.45) is 0. The van der Waals surface area contributed by atoms with Crippen molar-refractivity contribution in [3.8, 4) is 22.3 Å². The Labute approximate surface area is 202 Å². The molecule has 0 aromatic heterocycles. The highest BCUT2D eigenvalue weighted by atomic mass is 16.5. The highest BCUT2D eigenvalue weighted by molar-refractivity contribution is 6.06. The third-order valence-electron chi connectivity index (χ3n) is 5.95. The Hall–Kier alpha value is -3.50. The second-order valence-electron chi connectivity index (χ2n) is 10.7. The van der Waals surface area contributed by atoms with Crippen molar-refractivity contribution in [3.63, 3.8) is 0 Å². The van der Waals surface area contributed by atoms with E-state index in [1.165, 1.54) is 0 Å². The monoisotopic (exact) mass is 452 g/mol. The van der Waals surface area contributed by atoms with E-state index in [2.05, 4.69) is 36.4 Å². The molecule has 4 rings (SSSR count). The molecule has 4 heteroatoms. The lowest BCUT2D eigenvalue weighted by molar-refractivity contribution is -0.540. The largest absolute Gasteiger partial charge is 0.758 e. The molecule has 0 aliphatic carbocycles. The molecule has 0 amide bonds. The van der Waals surface area contributed by atoms with E-state index in [9.17, 15) is 10.1 Å². The second-order valence-corrected chi connectivity index (χ2v) is 10.7. The molecule has 0 radical (unpaired) electrons. The van der Waals surface area contributed by atoms with Gasteiger partial charge in [0.15, 0.2) is 0 Å². The molecule has 0 unspecified atom stereocenters. The third kappa shape index (κ3) is 4.59. The van der Waals surface area contributed by atoms with Crippen molar-refractivity contribution in [3.05, 3.63) is 95.0 Å². The maximum Gasteiger partial charge on any atom is 0.256 e. The molecule has 0 spiro atoms. The van der Waals surface area contributed by atoms with Gasteiger partial charge in [-0.05, 0) is 78.1 Å². The van der Waals surface area contributed by atoms with Gasteiger partial charge in [-0.2, -0.15) is 0 Å². The smallest absolute Gasteiger partial charge is 0.256 e. The van der Waals surface area contributed by atoms with Crippen LogP contribution in [0.5, 0.6) is 0 Å². The molecule has 4 aromatic rings. The lowest BCUT2D eigenvalue weighted by Crippen LogP contribution is -2.36. The number of nitrogens with zero attached hydrogens (tertiary/aromatic N) is 2. The predicted molar refractivity (Wildman–Crippen MR) is 143 cm³/mol. The van der Waals surface area contributed by atoms with E-state index < -0.39 is 11.1 Å². The Morgan fingerprint density at radius 3 is 1.59 bits per heavy atom. The summed E-state index contributed by atoms with van der Waals surface area (Å²) < 4.78 is 1.05. The van der Waals surface area contributed by atoms with Gasteiger partial charge in [0.2, 0.25) is 5.54 Å². The van der Waals surface area contributed by atoms with E-state index in [4.69, 9.17) is 0 Å². The number of anilines is 1. The molecule has 0 bridgehead atoms. The summed E-state index contributed by atoms with van der Waals surface area (Å²) in [5.41, 5.74) is 4.63. The van der Waals surface area contributed by atoms with E-state index >= 15 is 0 Å². The molecule has 0 heterocycles. The van der Waals surface area contributed by atoms with Gasteiger partial charge < -0.3 is 10.3 Å². The molecule has 0 saturated heterocycles. The lowest BCUT2D eigenvalue weighted by Gasteiger charge is -2.43. The fourth-order valence-electron chi connectivity index (χ4n) is 4.15. The minimum Gasteiger partial charge on any atom is -0.758 e. The number of nitroso groups, excluding NO2 is 1. The van der Waals surface area contributed by atoms with Crippen LogP contribution in [-0.2, 0) is 0 Å². The molecule has 0 aliphatic rings. The molecule has 4 aromatic carbocycles. The first-order chi connectivity index (χ1) is 16.0. The van der Waals surface area contributed by atoms with Crippen LogP contribution in [0.25, 0.3) is 33.0 Å². The minimum absolute atomic E-state index is 0.493. The Balaban J connectivity index is 1.79. The van der Waals surface area contributed by atoms with E-state index in [0.717, 1.165) is 42.8 Å². The van der Waals surface area contributed by atoms with Crippen LogP contribution < -0.4 is 5.06 Å². The zero-order valence-electron chi connectivity index (χ0n) is 20.8. The van der Waals surface area contributed by atoms with E-state index in [0.29, 0.717) is 11.4 Å². The molecule has 174 valence electrons. The zero-order chi connectivity index (χ0) is 24.7. The number of hydrogen-bond donors (Lipinski definition) is 0. The molecule has 34 heavy (non-hydrogen) atoms. The van der Waals surface area contributed by atoms with Gasteiger partial charge in [0.1, 0.15) is 0 Å². The minimum atomic E-state index is -0.493. The highest BCUT2D eigenvalue weighted by Crippen LogP contribution is 2.38. The van der Waals surface area contributed by atoms with Crippen LogP contribution >= 0.6 is 0 Å². The summed E-state index contributed by atoms with van der Waals surface area (Å²) in [7, 11) is 0. The maximum absolute atomic E-state index is 12.6. The molecular formula is C30H32N2O2. The summed E-state index contributed by atoms with van der Waals surface area (Å²) >= 11 is 0. The van der Waals surface area contributed by atoms with Gasteiger partial charge in [-0.1, -0.05) is 48.5 Å². The fraction of sp³-hybridized carbons (Fsp3) is 0.267. The molecule has 0 N–H and O–H groups in total. The normalized spacial score (nSPS) is 12.1. The SMILES string of the molecule is CC(C)(C)N([O-])c1ccc(-c2cccc3cccc(-c4ccc([N+](=O)C(C)(C)C)cc4)c23)cc1. The van der Waals surface area contributed by atoms with E-state index in [-0.39, 0.29) is 0 Å². The van der Waals surface area contributed by atoms with Gasteiger partial charge in [-0.3, -0.25) is 0 Å². The highest BCUT2D eigenvalue weighted by Gasteiger charge is 2.31. The Kier molecular flexibility index (Phi) is 6.05. The predicted octanol–water partition coefficient (Wildman–Crippen LogP) is 8.49. The van der Waals surface area contributed by atoms with Crippen LogP contribution in [0.3, 0.4) is 0 Å². The Bertz CT molecular complexity index is 1320. The van der Waals surface area contributed by atoms with Crippen molar-refractivity contribution in [1.29, 1.82) is 0 Å². The first kappa shape index (κ1) is 23.7. The summed E-state index contributed by atoms with van der Waals surface area (Å²) in [4.78, 5) is 12.6. The number of hydroxylamine groups is 1. The zero-order valence-corrected chi connectivity index (χ0v) is 20.8. The fourth-order valence-corrected chi connectivity index (χ4v) is 4.15. The topological polar surface area (TPSA) is 46.4 Å². The molecule has 4 nitrogen and oxygen atoms in total. The van der Waals surface area contributed by atoms with Crippen LogP contribution in [0.2, 0.25) is 0 Å². The molecule has 0 fully saturated rings. The van der Waals surface area contributed by atoms with Gasteiger partial charge in [-0.25, -0.2) is 0 Å². The Morgan fingerprint density at radius 1 is 0.676 bits per heavy atom. The van der Waals surface area contributed by atoms with Crippen molar-refractivity contribution in [2.24, 2.45) is 0 Å². The quantitative estimate of drug-likeness (QED) is 0.230. The molecular weight excluding hydrogens is 420 g/mol. The van der Waals surface area contributed by atoms with Crippen LogP contribution in [0.4, 0.5) is 11.4 Å². The number of rotatable bonds is 4. The van der Waals surface area contributed by atoms with Crippen LogP contribution in [0.1, 0.15) is 41.5 Å². The van der Waals surface area contributed by atoms with Crippen LogP contribution in [-0.4, -0.2) is 15.8 Å². The number of benzene rings is 4. The summed E-state index contributed by atoms with van der Waals surface area (Å²) in [6.45, 7) is 11.4. The standard InChI is InChI=1S/C30H32N2O2/c1-29(2,3)31(33)24-17-13-21(14-18-24)26-11-7-9-23-10-8-12-27(28(23)26)22-15-19-25(20-16-22)32(34)30(4,5)6/h7-20H,1-6H3. The summed E-state index contributed by atoms with van der Waals surface area (Å²) in [5, 5.41) is 15.9. The second kappa shape index (κ2) is 8.69. The van der Waals surface area contributed by atoms with Crippen molar-refractivity contribution in [2.75, 3.05) is 5.06 Å². The lowest BCUT2D eigenvalue weighted by atomic mass is 9.91. The Morgan fingerprint density at radius 2 is 1.15 bits per heavy atom. The molecule has 0 saturated carbocycles. The van der Waals surface area contributed by atoms with Crippen LogP contribution in [0, 0.1) is 10.1 Å². The van der Waals surface area contributed by atoms with Gasteiger partial charge >= 0.3 is 0 Å². The van der Waals surface area contributed by atoms with E-state index in [1.54, 1.807) is 0 Å². The number of fused-ring (bicyclic) bond motifs is 1. The van der Waals surface area contributed by atoms with Crippen molar-refractivity contribution in [1.82, 2.24) is 0 Å². The van der Waals surface area contributed by atoms with E-state index in [1.807, 2.05) is 90.1 Å². The van der Waals surface area contributed by atoms with Gasteiger partial charge in [-0.15, -0.1) is 0 Å². The molecule has 0 atom stereocenters. The first-order valence-electron chi connectivity index (χ1n) is 11.6. The average Bonchev–Trinajstić information content (AvgIpc) is 2.81. The average molecular weight is 453 g/mol. The first-order valence-corrected chi connectivity index (χ1v) is 11.6. The van der Waals surface area contributed by atoms with Gasteiger partial charge in [0.25, 0.3) is 5.69 Å².